The van der Waals surface area contributed by atoms with E-state index >= 15 is 0 Å². The van der Waals surface area contributed by atoms with Crippen LogP contribution in [0.3, 0.4) is 0 Å². The summed E-state index contributed by atoms with van der Waals surface area (Å²) in [6.07, 6.45) is 5.73. The third-order valence-corrected chi connectivity index (χ3v) is 3.96. The topological polar surface area (TPSA) is 51.4 Å². The number of pyridine rings is 1. The molecule has 0 radical (unpaired) electrons. The summed E-state index contributed by atoms with van der Waals surface area (Å²) in [4.78, 5) is 6.89. The van der Waals surface area contributed by atoms with Crippen molar-refractivity contribution in [2.75, 3.05) is 20.2 Å². The summed E-state index contributed by atoms with van der Waals surface area (Å²) in [7, 11) is 1.64. The predicted molar refractivity (Wildman–Crippen MR) is 81.8 cm³/mol. The van der Waals surface area contributed by atoms with Gasteiger partial charge >= 0.3 is 0 Å². The van der Waals surface area contributed by atoms with Gasteiger partial charge in [0.2, 0.25) is 5.88 Å². The predicted octanol–water partition coefficient (Wildman–Crippen LogP) is 2.60. The molecule has 2 N–H and O–H groups in total. The molecule has 1 aliphatic rings. The van der Waals surface area contributed by atoms with E-state index in [1.807, 2.05) is 12.3 Å². The van der Waals surface area contributed by atoms with Gasteiger partial charge in [-0.25, -0.2) is 4.98 Å². The van der Waals surface area contributed by atoms with Gasteiger partial charge in [0.15, 0.2) is 0 Å². The van der Waals surface area contributed by atoms with Crippen LogP contribution in [0.2, 0.25) is 0 Å². The van der Waals surface area contributed by atoms with E-state index in [-0.39, 0.29) is 6.04 Å². The van der Waals surface area contributed by atoms with E-state index < -0.39 is 0 Å². The quantitative estimate of drug-likeness (QED) is 0.793. The van der Waals surface area contributed by atoms with Crippen molar-refractivity contribution in [1.82, 2.24) is 9.88 Å². The number of aromatic nitrogens is 1. The van der Waals surface area contributed by atoms with Crippen LogP contribution in [0.25, 0.3) is 0 Å². The van der Waals surface area contributed by atoms with Crippen molar-refractivity contribution < 1.29 is 4.74 Å². The number of nitrogens with zero attached hydrogens (tertiary/aromatic N) is 2. The summed E-state index contributed by atoms with van der Waals surface area (Å²) in [5, 5.41) is 0. The molecular formula is C16H27N3O. The van der Waals surface area contributed by atoms with Crippen molar-refractivity contribution in [3.63, 3.8) is 0 Å². The van der Waals surface area contributed by atoms with Gasteiger partial charge in [-0.1, -0.05) is 19.9 Å². The fourth-order valence-corrected chi connectivity index (χ4v) is 2.58. The maximum Gasteiger partial charge on any atom is 0.212 e. The first kappa shape index (κ1) is 15.3. The first-order chi connectivity index (χ1) is 9.65. The van der Waals surface area contributed by atoms with E-state index in [1.54, 1.807) is 7.11 Å². The molecule has 1 aromatic rings. The third kappa shape index (κ3) is 3.93. The minimum atomic E-state index is 0.277. The lowest BCUT2D eigenvalue weighted by molar-refractivity contribution is 0.180. The molecule has 20 heavy (non-hydrogen) atoms. The average Bonchev–Trinajstić information content (AvgIpc) is 3.28. The van der Waals surface area contributed by atoms with Gasteiger partial charge < -0.3 is 10.5 Å². The van der Waals surface area contributed by atoms with Crippen LogP contribution >= 0.6 is 0 Å². The van der Waals surface area contributed by atoms with Gasteiger partial charge in [-0.3, -0.25) is 4.90 Å². The van der Waals surface area contributed by atoms with Crippen molar-refractivity contribution in [2.45, 2.75) is 45.2 Å². The van der Waals surface area contributed by atoms with Gasteiger partial charge in [0.1, 0.15) is 0 Å². The molecule has 1 atom stereocenters. The molecule has 4 nitrogen and oxygen atoms in total. The summed E-state index contributed by atoms with van der Waals surface area (Å²) in [5.74, 6) is 1.38. The Labute approximate surface area is 122 Å². The maximum absolute atomic E-state index is 6.05. The van der Waals surface area contributed by atoms with Gasteiger partial charge in [0.25, 0.3) is 0 Å². The fraction of sp³-hybridized carbons (Fsp3) is 0.688. The average molecular weight is 277 g/mol. The summed E-state index contributed by atoms with van der Waals surface area (Å²) >= 11 is 0. The van der Waals surface area contributed by atoms with Gasteiger partial charge in [0, 0.05) is 30.9 Å². The van der Waals surface area contributed by atoms with Crippen LogP contribution in [0.1, 0.15) is 44.7 Å². The minimum absolute atomic E-state index is 0.277. The zero-order chi connectivity index (χ0) is 14.5. The lowest BCUT2D eigenvalue weighted by atomic mass is 10.0. The van der Waals surface area contributed by atoms with Crippen LogP contribution < -0.4 is 10.5 Å². The number of methoxy groups -OCH3 is 1. The Morgan fingerprint density at radius 1 is 1.40 bits per heavy atom. The first-order valence-corrected chi connectivity index (χ1v) is 7.61. The minimum Gasteiger partial charge on any atom is -0.481 e. The van der Waals surface area contributed by atoms with Crippen molar-refractivity contribution in [2.24, 2.45) is 11.7 Å². The Bertz CT molecular complexity index is 401. The summed E-state index contributed by atoms with van der Waals surface area (Å²) in [6.45, 7) is 6.31. The lowest BCUT2D eigenvalue weighted by Crippen LogP contribution is -2.36. The maximum atomic E-state index is 6.05. The number of nitrogens with two attached hydrogens (primary N) is 1. The Morgan fingerprint density at radius 2 is 2.15 bits per heavy atom. The third-order valence-electron chi connectivity index (χ3n) is 3.96. The monoisotopic (exact) mass is 277 g/mol. The van der Waals surface area contributed by atoms with Gasteiger partial charge in [-0.15, -0.1) is 0 Å². The number of hydrogen-bond donors (Lipinski definition) is 1. The highest BCUT2D eigenvalue weighted by atomic mass is 16.5. The van der Waals surface area contributed by atoms with Gasteiger partial charge in [-0.2, -0.15) is 0 Å². The standard InChI is InChI=1S/C16H27N3O/c1-12(2)8-9-19(14-5-6-14)15(10-17)13-4-7-16(20-3)18-11-13/h4,7,11-12,14-15H,5-6,8-10,17H2,1-3H3. The zero-order valence-corrected chi connectivity index (χ0v) is 12.9. The van der Waals surface area contributed by atoms with E-state index in [4.69, 9.17) is 10.5 Å². The highest BCUT2D eigenvalue weighted by Crippen LogP contribution is 2.34. The molecule has 0 aliphatic heterocycles. The molecule has 0 amide bonds. The van der Waals surface area contributed by atoms with Crippen LogP contribution in [0.4, 0.5) is 0 Å². The normalized spacial score (nSPS) is 16.7. The van der Waals surface area contributed by atoms with Crippen molar-refractivity contribution in [3.05, 3.63) is 23.9 Å². The molecular weight excluding hydrogens is 250 g/mol. The SMILES string of the molecule is COc1ccc(C(CN)N(CCC(C)C)C2CC2)cn1. The van der Waals surface area contributed by atoms with E-state index in [2.05, 4.69) is 29.8 Å². The summed E-state index contributed by atoms with van der Waals surface area (Å²) in [6, 6.07) is 5.00. The van der Waals surface area contributed by atoms with E-state index in [0.717, 1.165) is 12.5 Å². The van der Waals surface area contributed by atoms with Crippen LogP contribution in [0, 0.1) is 5.92 Å². The molecule has 2 rings (SSSR count). The lowest BCUT2D eigenvalue weighted by Gasteiger charge is -2.31. The highest BCUT2D eigenvalue weighted by Gasteiger charge is 2.33. The van der Waals surface area contributed by atoms with Crippen LogP contribution in [-0.2, 0) is 0 Å². The molecule has 0 saturated heterocycles. The second-order valence-electron chi connectivity index (χ2n) is 6.04. The highest BCUT2D eigenvalue weighted by molar-refractivity contribution is 5.21. The van der Waals surface area contributed by atoms with E-state index in [9.17, 15) is 0 Å². The molecule has 1 fully saturated rings. The van der Waals surface area contributed by atoms with Crippen LogP contribution in [0.5, 0.6) is 5.88 Å². The van der Waals surface area contributed by atoms with Crippen LogP contribution in [-0.4, -0.2) is 36.1 Å². The zero-order valence-electron chi connectivity index (χ0n) is 12.9. The largest absolute Gasteiger partial charge is 0.481 e. The van der Waals surface area contributed by atoms with E-state index in [0.29, 0.717) is 18.5 Å². The fourth-order valence-electron chi connectivity index (χ4n) is 2.58. The number of ether oxygens (including phenoxy) is 1. The number of rotatable bonds is 8. The molecule has 0 aromatic carbocycles. The molecule has 0 spiro atoms. The molecule has 1 aromatic heterocycles. The molecule has 1 aliphatic carbocycles. The smallest absolute Gasteiger partial charge is 0.212 e. The molecule has 1 heterocycles. The van der Waals surface area contributed by atoms with Gasteiger partial charge in [-0.05, 0) is 37.3 Å². The second-order valence-corrected chi connectivity index (χ2v) is 6.04. The van der Waals surface area contributed by atoms with Crippen molar-refractivity contribution in [3.8, 4) is 5.88 Å². The van der Waals surface area contributed by atoms with E-state index in [1.165, 1.54) is 24.8 Å². The molecule has 4 heteroatoms. The van der Waals surface area contributed by atoms with Crippen molar-refractivity contribution in [1.29, 1.82) is 0 Å². The number of hydrogen-bond acceptors (Lipinski definition) is 4. The molecule has 0 bridgehead atoms. The molecule has 1 saturated carbocycles. The Balaban J connectivity index is 2.09. The molecule has 112 valence electrons. The Hall–Kier alpha value is -1.13. The first-order valence-electron chi connectivity index (χ1n) is 7.61. The Morgan fingerprint density at radius 3 is 2.60 bits per heavy atom. The summed E-state index contributed by atoms with van der Waals surface area (Å²) < 4.78 is 5.13. The second kappa shape index (κ2) is 7.04. The Kier molecular flexibility index (Phi) is 5.38. The van der Waals surface area contributed by atoms with Crippen LogP contribution in [0.15, 0.2) is 18.3 Å². The summed E-state index contributed by atoms with van der Waals surface area (Å²) in [5.41, 5.74) is 7.25. The van der Waals surface area contributed by atoms with Crippen molar-refractivity contribution >= 4 is 0 Å². The van der Waals surface area contributed by atoms with Gasteiger partial charge in [0.05, 0.1) is 7.11 Å². The molecule has 1 unspecified atom stereocenters.